The van der Waals surface area contributed by atoms with Crippen LogP contribution in [-0.4, -0.2) is 33.8 Å². The van der Waals surface area contributed by atoms with Gasteiger partial charge in [-0.15, -0.1) is 10.2 Å². The standard InChI is InChI=1S/C27H33N5OS/c1-18-13-15-31(16-14-18)26-29-30-27(32(26)22-11-12-22)34-24(21-7-5-4-6-8-21)25(33)28-23-17-19(2)9-10-20(23)3/h4-10,17-18,22,24H,11-16H2,1-3H3,(H,28,33). The number of thioether (sulfide) groups is 1. The van der Waals surface area contributed by atoms with E-state index >= 15 is 0 Å². The number of hydrogen-bond donors (Lipinski definition) is 1. The Kier molecular flexibility index (Phi) is 6.63. The number of carbonyl (C=O) groups is 1. The summed E-state index contributed by atoms with van der Waals surface area (Å²) in [5.41, 5.74) is 4.00. The first-order valence-electron chi connectivity index (χ1n) is 12.3. The van der Waals surface area contributed by atoms with Crippen LogP contribution in [0.1, 0.15) is 60.6 Å². The summed E-state index contributed by atoms with van der Waals surface area (Å²) in [7, 11) is 0. The lowest BCUT2D eigenvalue weighted by Gasteiger charge is -2.31. The molecule has 34 heavy (non-hydrogen) atoms. The van der Waals surface area contributed by atoms with E-state index in [9.17, 15) is 4.79 Å². The zero-order valence-electron chi connectivity index (χ0n) is 20.2. The molecule has 1 saturated carbocycles. The van der Waals surface area contributed by atoms with Gasteiger partial charge in [0.15, 0.2) is 5.16 Å². The Bertz CT molecular complexity index is 1150. The molecule has 1 amide bonds. The quantitative estimate of drug-likeness (QED) is 0.429. The lowest BCUT2D eigenvalue weighted by molar-refractivity contribution is -0.115. The molecule has 0 spiro atoms. The minimum absolute atomic E-state index is 0.0383. The van der Waals surface area contributed by atoms with Gasteiger partial charge >= 0.3 is 0 Å². The lowest BCUT2D eigenvalue weighted by Crippen LogP contribution is -2.34. The van der Waals surface area contributed by atoms with E-state index in [0.29, 0.717) is 6.04 Å². The van der Waals surface area contributed by atoms with Crippen molar-refractivity contribution in [2.24, 2.45) is 5.92 Å². The van der Waals surface area contributed by atoms with Crippen molar-refractivity contribution in [3.8, 4) is 0 Å². The maximum absolute atomic E-state index is 13.6. The Hall–Kier alpha value is -2.80. The van der Waals surface area contributed by atoms with Crippen molar-refractivity contribution in [2.75, 3.05) is 23.3 Å². The van der Waals surface area contributed by atoms with Crippen molar-refractivity contribution in [3.63, 3.8) is 0 Å². The molecule has 1 aliphatic carbocycles. The molecule has 7 heteroatoms. The number of nitrogens with zero attached hydrogens (tertiary/aromatic N) is 4. The van der Waals surface area contributed by atoms with Gasteiger partial charge in [0.1, 0.15) is 5.25 Å². The van der Waals surface area contributed by atoms with Crippen LogP contribution in [0.25, 0.3) is 0 Å². The minimum Gasteiger partial charge on any atom is -0.341 e. The fourth-order valence-corrected chi connectivity index (χ4v) is 5.60. The number of nitrogens with one attached hydrogen (secondary N) is 1. The summed E-state index contributed by atoms with van der Waals surface area (Å²) in [4.78, 5) is 16.0. The van der Waals surface area contributed by atoms with Gasteiger partial charge in [0.05, 0.1) is 0 Å². The molecule has 2 heterocycles. The van der Waals surface area contributed by atoms with Crippen molar-refractivity contribution in [1.82, 2.24) is 14.8 Å². The maximum Gasteiger partial charge on any atom is 0.242 e. The molecule has 6 nitrogen and oxygen atoms in total. The second-order valence-electron chi connectivity index (χ2n) is 9.77. The number of aryl methyl sites for hydroxylation is 2. The monoisotopic (exact) mass is 475 g/mol. The van der Waals surface area contributed by atoms with Gasteiger partial charge in [-0.1, -0.05) is 61.2 Å². The number of rotatable bonds is 7. The Morgan fingerprint density at radius 2 is 1.76 bits per heavy atom. The molecule has 1 unspecified atom stereocenters. The van der Waals surface area contributed by atoms with Gasteiger partial charge in [0.2, 0.25) is 11.9 Å². The number of anilines is 2. The van der Waals surface area contributed by atoms with Crippen molar-refractivity contribution >= 4 is 29.3 Å². The average Bonchev–Trinajstić information content (AvgIpc) is 3.60. The van der Waals surface area contributed by atoms with Gasteiger partial charge in [0.25, 0.3) is 0 Å². The molecule has 1 saturated heterocycles. The van der Waals surface area contributed by atoms with E-state index in [1.165, 1.54) is 24.6 Å². The zero-order chi connectivity index (χ0) is 23.7. The van der Waals surface area contributed by atoms with Crippen LogP contribution in [-0.2, 0) is 4.79 Å². The normalized spacial score (nSPS) is 17.6. The fourth-order valence-electron chi connectivity index (χ4n) is 4.50. The number of amides is 1. The Morgan fingerprint density at radius 3 is 2.47 bits per heavy atom. The van der Waals surface area contributed by atoms with E-state index in [2.05, 4.69) is 38.0 Å². The van der Waals surface area contributed by atoms with Gasteiger partial charge < -0.3 is 10.2 Å². The van der Waals surface area contributed by atoms with Crippen LogP contribution in [0.4, 0.5) is 11.6 Å². The highest BCUT2D eigenvalue weighted by molar-refractivity contribution is 8.00. The second-order valence-corrected chi connectivity index (χ2v) is 10.8. The van der Waals surface area contributed by atoms with Gasteiger partial charge in [0, 0.05) is 24.8 Å². The zero-order valence-corrected chi connectivity index (χ0v) is 21.0. The number of hydrogen-bond acceptors (Lipinski definition) is 5. The molecule has 1 aromatic heterocycles. The summed E-state index contributed by atoms with van der Waals surface area (Å²) in [5, 5.41) is 12.8. The third-order valence-electron chi connectivity index (χ3n) is 6.84. The molecule has 0 radical (unpaired) electrons. The third kappa shape index (κ3) is 4.99. The summed E-state index contributed by atoms with van der Waals surface area (Å²) in [6, 6.07) is 16.6. The molecule has 1 atom stereocenters. The molecule has 5 rings (SSSR count). The Balaban J connectivity index is 1.44. The Morgan fingerprint density at radius 1 is 1.03 bits per heavy atom. The number of piperidine rings is 1. The van der Waals surface area contributed by atoms with Crippen LogP contribution in [0.2, 0.25) is 0 Å². The van der Waals surface area contributed by atoms with E-state index in [4.69, 9.17) is 0 Å². The molecule has 2 aliphatic rings. The topological polar surface area (TPSA) is 63.1 Å². The average molecular weight is 476 g/mol. The highest BCUT2D eigenvalue weighted by atomic mass is 32.2. The predicted octanol–water partition coefficient (Wildman–Crippen LogP) is 5.94. The molecule has 3 aromatic rings. The summed E-state index contributed by atoms with van der Waals surface area (Å²) in [5.74, 6) is 1.70. The van der Waals surface area contributed by atoms with Gasteiger partial charge in [-0.05, 0) is 68.2 Å². The molecule has 1 aliphatic heterocycles. The van der Waals surface area contributed by atoms with Gasteiger partial charge in [-0.25, -0.2) is 0 Å². The molecular formula is C27H33N5OS. The summed E-state index contributed by atoms with van der Waals surface area (Å²) in [6.07, 6.45) is 4.66. The summed E-state index contributed by atoms with van der Waals surface area (Å²) < 4.78 is 2.29. The predicted molar refractivity (Wildman–Crippen MR) is 138 cm³/mol. The van der Waals surface area contributed by atoms with E-state index in [1.54, 1.807) is 0 Å². The van der Waals surface area contributed by atoms with E-state index in [1.807, 2.05) is 56.3 Å². The van der Waals surface area contributed by atoms with Crippen molar-refractivity contribution in [1.29, 1.82) is 0 Å². The van der Waals surface area contributed by atoms with Crippen LogP contribution >= 0.6 is 11.8 Å². The first kappa shape index (κ1) is 23.0. The highest BCUT2D eigenvalue weighted by Crippen LogP contribution is 2.44. The highest BCUT2D eigenvalue weighted by Gasteiger charge is 2.34. The third-order valence-corrected chi connectivity index (χ3v) is 8.05. The first-order chi connectivity index (χ1) is 16.5. The smallest absolute Gasteiger partial charge is 0.242 e. The van der Waals surface area contributed by atoms with Crippen LogP contribution in [0.15, 0.2) is 53.7 Å². The number of benzene rings is 2. The maximum atomic E-state index is 13.6. The summed E-state index contributed by atoms with van der Waals surface area (Å²) >= 11 is 1.51. The van der Waals surface area contributed by atoms with Crippen molar-refractivity contribution < 1.29 is 4.79 Å². The number of carbonyl (C=O) groups excluding carboxylic acids is 1. The molecule has 2 aromatic carbocycles. The molecule has 1 N–H and O–H groups in total. The fraction of sp³-hybridized carbons (Fsp3) is 0.444. The largest absolute Gasteiger partial charge is 0.341 e. The van der Waals surface area contributed by atoms with Crippen LogP contribution in [0.3, 0.4) is 0 Å². The molecule has 178 valence electrons. The first-order valence-corrected chi connectivity index (χ1v) is 13.2. The van der Waals surface area contributed by atoms with E-state index in [0.717, 1.165) is 65.3 Å². The van der Waals surface area contributed by atoms with Crippen LogP contribution < -0.4 is 10.2 Å². The number of aromatic nitrogens is 3. The lowest BCUT2D eigenvalue weighted by atomic mass is 10.00. The molecular weight excluding hydrogens is 442 g/mol. The minimum atomic E-state index is -0.419. The second kappa shape index (κ2) is 9.82. The van der Waals surface area contributed by atoms with Crippen molar-refractivity contribution in [3.05, 3.63) is 65.2 Å². The van der Waals surface area contributed by atoms with Crippen molar-refractivity contribution in [2.45, 2.75) is 62.9 Å². The van der Waals surface area contributed by atoms with Crippen LogP contribution in [0, 0.1) is 19.8 Å². The molecule has 2 fully saturated rings. The summed E-state index contributed by atoms with van der Waals surface area (Å²) in [6.45, 7) is 8.43. The molecule has 0 bridgehead atoms. The van der Waals surface area contributed by atoms with Crippen LogP contribution in [0.5, 0.6) is 0 Å². The van der Waals surface area contributed by atoms with Gasteiger partial charge in [-0.2, -0.15) is 0 Å². The van der Waals surface area contributed by atoms with Gasteiger partial charge in [-0.3, -0.25) is 9.36 Å². The van der Waals surface area contributed by atoms with E-state index < -0.39 is 5.25 Å². The van der Waals surface area contributed by atoms with E-state index in [-0.39, 0.29) is 5.91 Å². The Labute approximate surface area is 206 Å². The SMILES string of the molecule is Cc1ccc(C)c(NC(=O)C(Sc2nnc(N3CCC(C)CC3)n2C2CC2)c2ccccc2)c1.